The maximum atomic E-state index is 12.3. The Kier molecular flexibility index (Phi) is 5.50. The molecular formula is C17H28N6O. The first-order chi connectivity index (χ1) is 11.6. The molecule has 1 amide bonds. The highest BCUT2D eigenvalue weighted by atomic mass is 16.2. The Hall–Kier alpha value is -1.89. The summed E-state index contributed by atoms with van der Waals surface area (Å²) in [7, 11) is 0. The van der Waals surface area contributed by atoms with Crippen molar-refractivity contribution in [1.29, 1.82) is 0 Å². The highest BCUT2D eigenvalue weighted by Gasteiger charge is 2.25. The lowest BCUT2D eigenvalue weighted by Gasteiger charge is -2.32. The van der Waals surface area contributed by atoms with Crippen LogP contribution < -0.4 is 16.0 Å². The smallest absolute Gasteiger partial charge is 0.237 e. The molecule has 2 fully saturated rings. The van der Waals surface area contributed by atoms with Gasteiger partial charge in [-0.3, -0.25) is 9.69 Å². The lowest BCUT2D eigenvalue weighted by Crippen LogP contribution is -2.46. The average molecular weight is 332 g/mol. The highest BCUT2D eigenvalue weighted by molar-refractivity contribution is 5.81. The van der Waals surface area contributed by atoms with Gasteiger partial charge in [0.2, 0.25) is 11.9 Å². The quantitative estimate of drug-likeness (QED) is 0.832. The maximum Gasteiger partial charge on any atom is 0.237 e. The summed E-state index contributed by atoms with van der Waals surface area (Å²) in [4.78, 5) is 25.3. The number of anilines is 2. The van der Waals surface area contributed by atoms with Crippen molar-refractivity contribution in [2.75, 3.05) is 43.4 Å². The molecule has 0 bridgehead atoms. The molecule has 132 valence electrons. The highest BCUT2D eigenvalue weighted by Crippen LogP contribution is 2.20. The largest absolute Gasteiger partial charge is 0.384 e. The third kappa shape index (κ3) is 4.14. The topological polar surface area (TPSA) is 87.4 Å². The number of nitrogen functional groups attached to an aromatic ring is 1. The van der Waals surface area contributed by atoms with Crippen molar-refractivity contribution in [2.45, 2.75) is 38.6 Å². The van der Waals surface area contributed by atoms with Gasteiger partial charge < -0.3 is 16.0 Å². The first-order valence-electron chi connectivity index (χ1n) is 8.98. The molecule has 0 radical (unpaired) electrons. The standard InChI is InChI=1S/C17H28N6O/c1-13(22-8-2-3-9-22)16(24)20-12-14-5-10-23(11-6-14)17-19-7-4-15(18)21-17/h4,7,13-14H,2-3,5-6,8-12H2,1H3,(H,20,24)(H2,18,19,21). The van der Waals surface area contributed by atoms with Gasteiger partial charge in [-0.15, -0.1) is 0 Å². The summed E-state index contributed by atoms with van der Waals surface area (Å²) in [6.07, 6.45) is 6.20. The van der Waals surface area contributed by atoms with Crippen LogP contribution in [0.2, 0.25) is 0 Å². The summed E-state index contributed by atoms with van der Waals surface area (Å²) in [5, 5.41) is 3.14. The fourth-order valence-corrected chi connectivity index (χ4v) is 3.54. The van der Waals surface area contributed by atoms with Crippen molar-refractivity contribution in [3.63, 3.8) is 0 Å². The van der Waals surface area contributed by atoms with Gasteiger partial charge in [0, 0.05) is 25.8 Å². The summed E-state index contributed by atoms with van der Waals surface area (Å²) in [6, 6.07) is 1.70. The van der Waals surface area contributed by atoms with Crippen LogP contribution in [0.1, 0.15) is 32.6 Å². The number of piperidine rings is 1. The third-order valence-electron chi connectivity index (χ3n) is 5.19. The molecule has 3 N–H and O–H groups in total. The molecule has 2 aliphatic rings. The summed E-state index contributed by atoms with van der Waals surface area (Å²) in [5.74, 6) is 1.90. The molecule has 0 saturated carbocycles. The number of nitrogens with two attached hydrogens (primary N) is 1. The summed E-state index contributed by atoms with van der Waals surface area (Å²) in [6.45, 7) is 6.70. The molecular weight excluding hydrogens is 304 g/mol. The van der Waals surface area contributed by atoms with E-state index in [2.05, 4.69) is 25.1 Å². The van der Waals surface area contributed by atoms with Gasteiger partial charge in [0.15, 0.2) is 0 Å². The molecule has 24 heavy (non-hydrogen) atoms. The Bertz CT molecular complexity index is 552. The van der Waals surface area contributed by atoms with Crippen LogP contribution in [0.25, 0.3) is 0 Å². The molecule has 2 aliphatic heterocycles. The van der Waals surface area contributed by atoms with E-state index >= 15 is 0 Å². The number of rotatable bonds is 5. The van der Waals surface area contributed by atoms with Crippen molar-refractivity contribution in [2.24, 2.45) is 5.92 Å². The van der Waals surface area contributed by atoms with Crippen LogP contribution in [0.15, 0.2) is 12.3 Å². The maximum absolute atomic E-state index is 12.3. The zero-order valence-corrected chi connectivity index (χ0v) is 14.4. The normalized spacial score (nSPS) is 21.0. The molecule has 0 aliphatic carbocycles. The van der Waals surface area contributed by atoms with Gasteiger partial charge in [-0.2, -0.15) is 4.98 Å². The molecule has 3 rings (SSSR count). The van der Waals surface area contributed by atoms with Crippen molar-refractivity contribution >= 4 is 17.7 Å². The number of hydrogen-bond acceptors (Lipinski definition) is 6. The Morgan fingerprint density at radius 3 is 2.71 bits per heavy atom. The van der Waals surface area contributed by atoms with E-state index in [1.54, 1.807) is 12.3 Å². The second kappa shape index (κ2) is 7.79. The fraction of sp³-hybridized carbons (Fsp3) is 0.706. The van der Waals surface area contributed by atoms with Gasteiger partial charge in [-0.05, 0) is 57.7 Å². The minimum absolute atomic E-state index is 0.00622. The predicted octanol–water partition coefficient (Wildman–Crippen LogP) is 0.876. The van der Waals surface area contributed by atoms with Crippen molar-refractivity contribution in [1.82, 2.24) is 20.2 Å². The monoisotopic (exact) mass is 332 g/mol. The fourth-order valence-electron chi connectivity index (χ4n) is 3.54. The van der Waals surface area contributed by atoms with Crippen LogP contribution in [0.3, 0.4) is 0 Å². The Morgan fingerprint density at radius 2 is 2.04 bits per heavy atom. The predicted molar refractivity (Wildman–Crippen MR) is 94.7 cm³/mol. The number of amides is 1. The van der Waals surface area contributed by atoms with E-state index in [-0.39, 0.29) is 11.9 Å². The molecule has 0 spiro atoms. The van der Waals surface area contributed by atoms with Crippen LogP contribution in [-0.2, 0) is 4.79 Å². The van der Waals surface area contributed by atoms with Gasteiger partial charge in [0.25, 0.3) is 0 Å². The van der Waals surface area contributed by atoms with E-state index in [0.717, 1.165) is 45.6 Å². The summed E-state index contributed by atoms with van der Waals surface area (Å²) in [5.41, 5.74) is 5.72. The molecule has 3 heterocycles. The molecule has 1 aromatic heterocycles. The molecule has 7 nitrogen and oxygen atoms in total. The lowest BCUT2D eigenvalue weighted by molar-refractivity contribution is -0.125. The van der Waals surface area contributed by atoms with E-state index in [1.165, 1.54) is 12.8 Å². The van der Waals surface area contributed by atoms with E-state index < -0.39 is 0 Å². The van der Waals surface area contributed by atoms with Crippen LogP contribution in [0, 0.1) is 5.92 Å². The van der Waals surface area contributed by atoms with Crippen LogP contribution in [0.5, 0.6) is 0 Å². The molecule has 7 heteroatoms. The van der Waals surface area contributed by atoms with Gasteiger partial charge in [-0.1, -0.05) is 0 Å². The lowest BCUT2D eigenvalue weighted by atomic mass is 9.97. The summed E-state index contributed by atoms with van der Waals surface area (Å²) >= 11 is 0. The van der Waals surface area contributed by atoms with Crippen LogP contribution >= 0.6 is 0 Å². The zero-order chi connectivity index (χ0) is 16.9. The SMILES string of the molecule is CC(C(=O)NCC1CCN(c2nccc(N)n2)CC1)N1CCCC1. The van der Waals surface area contributed by atoms with Crippen molar-refractivity contribution in [3.8, 4) is 0 Å². The van der Waals surface area contributed by atoms with E-state index in [9.17, 15) is 4.79 Å². The second-order valence-electron chi connectivity index (χ2n) is 6.88. The van der Waals surface area contributed by atoms with E-state index in [4.69, 9.17) is 5.73 Å². The molecule has 1 aromatic rings. The molecule has 1 atom stereocenters. The second-order valence-corrected chi connectivity index (χ2v) is 6.88. The third-order valence-corrected chi connectivity index (χ3v) is 5.19. The minimum Gasteiger partial charge on any atom is -0.384 e. The number of likely N-dealkylation sites (tertiary alicyclic amines) is 1. The first-order valence-corrected chi connectivity index (χ1v) is 8.98. The van der Waals surface area contributed by atoms with Crippen molar-refractivity contribution in [3.05, 3.63) is 12.3 Å². The van der Waals surface area contributed by atoms with E-state index in [1.807, 2.05) is 6.92 Å². The Morgan fingerprint density at radius 1 is 1.33 bits per heavy atom. The van der Waals surface area contributed by atoms with Gasteiger partial charge in [-0.25, -0.2) is 4.98 Å². The van der Waals surface area contributed by atoms with Crippen LogP contribution in [-0.4, -0.2) is 59.5 Å². The molecule has 0 aromatic carbocycles. The zero-order valence-electron chi connectivity index (χ0n) is 14.4. The number of hydrogen-bond donors (Lipinski definition) is 2. The van der Waals surface area contributed by atoms with Crippen molar-refractivity contribution < 1.29 is 4.79 Å². The first kappa shape index (κ1) is 17.0. The summed E-state index contributed by atoms with van der Waals surface area (Å²) < 4.78 is 0. The van der Waals surface area contributed by atoms with E-state index in [0.29, 0.717) is 17.7 Å². The number of nitrogens with one attached hydrogen (secondary N) is 1. The van der Waals surface area contributed by atoms with Gasteiger partial charge in [0.1, 0.15) is 5.82 Å². The number of aromatic nitrogens is 2. The Labute approximate surface area is 143 Å². The Balaban J connectivity index is 1.41. The molecule has 1 unspecified atom stereocenters. The molecule has 2 saturated heterocycles. The average Bonchev–Trinajstić information content (AvgIpc) is 3.14. The minimum atomic E-state index is -0.00622. The number of carbonyl (C=O) groups is 1. The number of nitrogens with zero attached hydrogens (tertiary/aromatic N) is 4. The number of carbonyl (C=O) groups excluding carboxylic acids is 1. The van der Waals surface area contributed by atoms with Crippen LogP contribution in [0.4, 0.5) is 11.8 Å². The van der Waals surface area contributed by atoms with Gasteiger partial charge in [0.05, 0.1) is 6.04 Å². The van der Waals surface area contributed by atoms with Gasteiger partial charge >= 0.3 is 0 Å².